The van der Waals surface area contributed by atoms with Crippen molar-refractivity contribution in [2.45, 2.75) is 89.9 Å². The molecular weight excluding hydrogens is 468 g/mol. The topological polar surface area (TPSA) is 40.6 Å². The van der Waals surface area contributed by atoms with Crippen LogP contribution in [-0.4, -0.2) is 60.6 Å². The monoisotopic (exact) mass is 516 g/mol. The summed E-state index contributed by atoms with van der Waals surface area (Å²) >= 11 is 0. The van der Waals surface area contributed by atoms with Crippen LogP contribution in [0.5, 0.6) is 0 Å². The van der Waals surface area contributed by atoms with E-state index in [-0.39, 0.29) is 11.6 Å². The molecule has 0 aliphatic carbocycles. The SMILES string of the molecule is O=C(CCCCN1CCCCC1)c1ccc(CCc2ccc(C(=O)CCCCN3CCCCC3)cc2)cc1. The van der Waals surface area contributed by atoms with E-state index in [4.69, 9.17) is 0 Å². The zero-order chi connectivity index (χ0) is 26.4. The van der Waals surface area contributed by atoms with Crippen molar-refractivity contribution in [1.82, 2.24) is 9.80 Å². The minimum atomic E-state index is 0.266. The zero-order valence-corrected chi connectivity index (χ0v) is 23.5. The molecule has 2 aromatic rings. The molecule has 206 valence electrons. The maximum atomic E-state index is 12.6. The lowest BCUT2D eigenvalue weighted by Crippen LogP contribution is -2.30. The van der Waals surface area contributed by atoms with Crippen LogP contribution in [0.2, 0.25) is 0 Å². The first-order chi connectivity index (χ1) is 18.7. The fraction of sp³-hybridized carbons (Fsp3) is 0.588. The first-order valence-electron chi connectivity index (χ1n) is 15.4. The molecule has 38 heavy (non-hydrogen) atoms. The molecule has 2 aliphatic rings. The molecule has 4 nitrogen and oxygen atoms in total. The number of likely N-dealkylation sites (tertiary alicyclic amines) is 2. The van der Waals surface area contributed by atoms with Crippen molar-refractivity contribution in [3.05, 3.63) is 70.8 Å². The highest BCUT2D eigenvalue weighted by molar-refractivity contribution is 5.96. The second kappa shape index (κ2) is 16.0. The Morgan fingerprint density at radius 1 is 0.500 bits per heavy atom. The van der Waals surface area contributed by atoms with Gasteiger partial charge in [0.15, 0.2) is 11.6 Å². The van der Waals surface area contributed by atoms with Crippen molar-refractivity contribution in [3.8, 4) is 0 Å². The fourth-order valence-electron chi connectivity index (χ4n) is 5.90. The molecule has 0 amide bonds. The van der Waals surface area contributed by atoms with Crippen molar-refractivity contribution in [3.63, 3.8) is 0 Å². The second-order valence-electron chi connectivity index (χ2n) is 11.5. The van der Waals surface area contributed by atoms with E-state index in [9.17, 15) is 9.59 Å². The number of carbonyl (C=O) groups is 2. The van der Waals surface area contributed by atoms with Crippen LogP contribution in [0.1, 0.15) is 109 Å². The molecule has 2 aliphatic heterocycles. The summed E-state index contributed by atoms with van der Waals surface area (Å²) in [6, 6.07) is 16.4. The van der Waals surface area contributed by atoms with Crippen molar-refractivity contribution < 1.29 is 9.59 Å². The zero-order valence-electron chi connectivity index (χ0n) is 23.5. The van der Waals surface area contributed by atoms with Crippen LogP contribution in [0, 0.1) is 0 Å². The summed E-state index contributed by atoms with van der Waals surface area (Å²) in [6.45, 7) is 7.21. The van der Waals surface area contributed by atoms with Crippen molar-refractivity contribution in [2.24, 2.45) is 0 Å². The van der Waals surface area contributed by atoms with Crippen LogP contribution in [0.15, 0.2) is 48.5 Å². The highest BCUT2D eigenvalue weighted by atomic mass is 16.1. The Hall–Kier alpha value is -2.30. The molecule has 0 unspecified atom stereocenters. The number of nitrogens with zero attached hydrogens (tertiary/aromatic N) is 2. The van der Waals surface area contributed by atoms with Gasteiger partial charge in [-0.25, -0.2) is 0 Å². The molecule has 0 radical (unpaired) electrons. The van der Waals surface area contributed by atoms with Gasteiger partial charge in [-0.3, -0.25) is 9.59 Å². The molecule has 0 spiro atoms. The van der Waals surface area contributed by atoms with E-state index < -0.39 is 0 Å². The van der Waals surface area contributed by atoms with Gasteiger partial charge in [-0.1, -0.05) is 61.4 Å². The standard InChI is InChI=1S/C34H48N2O2/c37-33(11-3-9-27-35-23-5-1-6-24-35)31-19-15-29(16-20-31)13-14-30-17-21-32(22-18-30)34(38)12-4-10-28-36-25-7-2-8-26-36/h15-22H,1-14,23-28H2. The molecule has 4 rings (SSSR count). The van der Waals surface area contributed by atoms with Crippen LogP contribution in [0.25, 0.3) is 0 Å². The maximum Gasteiger partial charge on any atom is 0.162 e. The molecule has 0 N–H and O–H groups in total. The van der Waals surface area contributed by atoms with Gasteiger partial charge in [0.25, 0.3) is 0 Å². The lowest BCUT2D eigenvalue weighted by Gasteiger charge is -2.26. The van der Waals surface area contributed by atoms with Gasteiger partial charge in [0.2, 0.25) is 0 Å². The lowest BCUT2D eigenvalue weighted by molar-refractivity contribution is 0.0969. The Bertz CT molecular complexity index is 889. The van der Waals surface area contributed by atoms with E-state index in [1.165, 1.54) is 75.8 Å². The van der Waals surface area contributed by atoms with Gasteiger partial charge in [0.1, 0.15) is 0 Å². The Kier molecular flexibility index (Phi) is 12.1. The van der Waals surface area contributed by atoms with Crippen LogP contribution in [-0.2, 0) is 12.8 Å². The summed E-state index contributed by atoms with van der Waals surface area (Å²) in [5.41, 5.74) is 4.18. The highest BCUT2D eigenvalue weighted by Gasteiger charge is 2.12. The highest BCUT2D eigenvalue weighted by Crippen LogP contribution is 2.16. The number of unbranched alkanes of at least 4 members (excludes halogenated alkanes) is 2. The Balaban J connectivity index is 1.11. The second-order valence-corrected chi connectivity index (χ2v) is 11.5. The van der Waals surface area contributed by atoms with Gasteiger partial charge >= 0.3 is 0 Å². The Morgan fingerprint density at radius 3 is 1.24 bits per heavy atom. The summed E-state index contributed by atoms with van der Waals surface area (Å²) < 4.78 is 0. The van der Waals surface area contributed by atoms with Crippen molar-refractivity contribution in [2.75, 3.05) is 39.3 Å². The quantitative estimate of drug-likeness (QED) is 0.186. The molecule has 2 heterocycles. The summed E-state index contributed by atoms with van der Waals surface area (Å²) in [7, 11) is 0. The first-order valence-corrected chi connectivity index (χ1v) is 15.4. The first kappa shape index (κ1) is 28.7. The minimum absolute atomic E-state index is 0.266. The van der Waals surface area contributed by atoms with Gasteiger partial charge in [-0.15, -0.1) is 0 Å². The Labute approximate surface area is 230 Å². The summed E-state index contributed by atoms with van der Waals surface area (Å²) in [4.78, 5) is 30.3. The van der Waals surface area contributed by atoms with E-state index >= 15 is 0 Å². The van der Waals surface area contributed by atoms with Crippen LogP contribution in [0.4, 0.5) is 0 Å². The van der Waals surface area contributed by atoms with Crippen LogP contribution >= 0.6 is 0 Å². The van der Waals surface area contributed by atoms with E-state index in [1.807, 2.05) is 24.3 Å². The predicted molar refractivity (Wildman–Crippen MR) is 157 cm³/mol. The van der Waals surface area contributed by atoms with Crippen molar-refractivity contribution >= 4 is 11.6 Å². The van der Waals surface area contributed by atoms with Gasteiger partial charge in [0, 0.05) is 24.0 Å². The number of Topliss-reactive ketones (excluding diaryl/α,β-unsaturated/α-hetero) is 2. The molecule has 0 aromatic heterocycles. The maximum absolute atomic E-state index is 12.6. The third-order valence-corrected chi connectivity index (χ3v) is 8.41. The molecule has 4 heteroatoms. The lowest BCUT2D eigenvalue weighted by atomic mass is 9.99. The van der Waals surface area contributed by atoms with Crippen LogP contribution in [0.3, 0.4) is 0 Å². The number of rotatable bonds is 15. The van der Waals surface area contributed by atoms with E-state index in [0.717, 1.165) is 62.7 Å². The number of ketones is 2. The Morgan fingerprint density at radius 2 is 0.868 bits per heavy atom. The molecule has 0 atom stereocenters. The summed E-state index contributed by atoms with van der Waals surface area (Å²) in [5, 5.41) is 0. The average molecular weight is 517 g/mol. The van der Waals surface area contributed by atoms with Gasteiger partial charge in [-0.2, -0.15) is 0 Å². The number of piperidine rings is 2. The largest absolute Gasteiger partial charge is 0.303 e. The number of aryl methyl sites for hydroxylation is 2. The van der Waals surface area contributed by atoms with E-state index in [2.05, 4.69) is 34.1 Å². The van der Waals surface area contributed by atoms with Gasteiger partial charge < -0.3 is 9.80 Å². The number of hydrogen-bond donors (Lipinski definition) is 0. The summed E-state index contributed by atoms with van der Waals surface area (Å²) in [6.07, 6.45) is 15.4. The third kappa shape index (κ3) is 9.78. The van der Waals surface area contributed by atoms with Gasteiger partial charge in [0.05, 0.1) is 0 Å². The summed E-state index contributed by atoms with van der Waals surface area (Å²) in [5.74, 6) is 0.531. The third-order valence-electron chi connectivity index (χ3n) is 8.41. The number of carbonyl (C=O) groups excluding carboxylic acids is 2. The number of hydrogen-bond acceptors (Lipinski definition) is 4. The normalized spacial score (nSPS) is 16.9. The number of benzene rings is 2. The minimum Gasteiger partial charge on any atom is -0.303 e. The molecule has 2 aromatic carbocycles. The molecule has 2 saturated heterocycles. The average Bonchev–Trinajstić information content (AvgIpc) is 2.98. The van der Waals surface area contributed by atoms with Crippen LogP contribution < -0.4 is 0 Å². The fourth-order valence-corrected chi connectivity index (χ4v) is 5.90. The predicted octanol–water partition coefficient (Wildman–Crippen LogP) is 7.15. The van der Waals surface area contributed by atoms with E-state index in [0.29, 0.717) is 12.8 Å². The van der Waals surface area contributed by atoms with Gasteiger partial charge in [-0.05, 0) is 115 Å². The van der Waals surface area contributed by atoms with Crippen molar-refractivity contribution in [1.29, 1.82) is 0 Å². The smallest absolute Gasteiger partial charge is 0.162 e. The van der Waals surface area contributed by atoms with E-state index in [1.54, 1.807) is 0 Å². The molecule has 0 saturated carbocycles. The molecule has 0 bridgehead atoms. The molecular formula is C34H48N2O2. The molecule has 2 fully saturated rings.